The molecule has 7 nitrogen and oxygen atoms in total. The Morgan fingerprint density at radius 2 is 2.21 bits per heavy atom. The van der Waals surface area contributed by atoms with E-state index in [1.54, 1.807) is 29.0 Å². The molecule has 1 aliphatic rings. The fourth-order valence-corrected chi connectivity index (χ4v) is 3.94. The minimum absolute atomic E-state index is 0.161. The number of amides is 1. The summed E-state index contributed by atoms with van der Waals surface area (Å²) in [6.45, 7) is 6.03. The quantitative estimate of drug-likeness (QED) is 0.412. The normalized spacial score (nSPS) is 14.6. The van der Waals surface area contributed by atoms with Crippen LogP contribution in [0.5, 0.6) is 0 Å². The molecule has 0 unspecified atom stereocenters. The molecule has 28 heavy (non-hydrogen) atoms. The smallest absolute Gasteiger partial charge is 0.278 e. The van der Waals surface area contributed by atoms with E-state index in [4.69, 9.17) is 5.73 Å². The van der Waals surface area contributed by atoms with Gasteiger partial charge in [-0.2, -0.15) is 0 Å². The molecule has 3 heterocycles. The van der Waals surface area contributed by atoms with E-state index in [1.165, 1.54) is 4.40 Å². The molecule has 3 aromatic rings. The van der Waals surface area contributed by atoms with Gasteiger partial charge < -0.3 is 11.1 Å². The summed E-state index contributed by atoms with van der Waals surface area (Å²) in [5, 5.41) is 3.41. The molecule has 1 aliphatic carbocycles. The number of anilines is 1. The lowest BCUT2D eigenvalue weighted by atomic mass is 10.1. The molecule has 0 aromatic carbocycles. The van der Waals surface area contributed by atoms with Crippen molar-refractivity contribution in [3.8, 4) is 0 Å². The fraction of sp³-hybridized carbons (Fsp3) is 0.333. The second-order valence-electron chi connectivity index (χ2n) is 7.34. The van der Waals surface area contributed by atoms with Gasteiger partial charge in [0.05, 0.1) is 6.54 Å². The number of nitrogens with one attached hydrogen (secondary N) is 1. The summed E-state index contributed by atoms with van der Waals surface area (Å²) in [7, 11) is 0. The largest absolute Gasteiger partial charge is 0.349 e. The van der Waals surface area contributed by atoms with Gasteiger partial charge in [0, 0.05) is 17.8 Å². The van der Waals surface area contributed by atoms with Gasteiger partial charge in [-0.15, -0.1) is 0 Å². The van der Waals surface area contributed by atoms with Crippen LogP contribution < -0.4 is 21.2 Å². The van der Waals surface area contributed by atoms with E-state index in [0.29, 0.717) is 28.8 Å². The molecule has 1 amide bonds. The molecular formula is C21H24N5O2+. The van der Waals surface area contributed by atoms with E-state index in [1.807, 2.05) is 13.0 Å². The molecule has 3 N–H and O–H groups in total. The van der Waals surface area contributed by atoms with Crippen molar-refractivity contribution >= 4 is 28.4 Å². The number of allylic oxidation sites excluding steroid dienone is 1. The monoisotopic (exact) mass is 378 g/mol. The van der Waals surface area contributed by atoms with E-state index in [-0.39, 0.29) is 23.3 Å². The predicted molar refractivity (Wildman–Crippen MR) is 108 cm³/mol. The fourth-order valence-electron chi connectivity index (χ4n) is 3.94. The Kier molecular flexibility index (Phi) is 4.58. The number of nitrogens with zero attached hydrogens (tertiary/aromatic N) is 3. The SMILES string of the molecule is C=CC[n+]1c(N)c(C(=O)NC2CCCC2)cc2c(=O)n3cccc(C)c3nc21. The number of aromatic nitrogens is 3. The third kappa shape index (κ3) is 2.93. The first-order valence-electron chi connectivity index (χ1n) is 9.57. The Labute approximate surface area is 162 Å². The van der Waals surface area contributed by atoms with Crippen LogP contribution in [0.1, 0.15) is 41.6 Å². The maximum atomic E-state index is 13.1. The van der Waals surface area contributed by atoms with E-state index in [2.05, 4.69) is 16.9 Å². The van der Waals surface area contributed by atoms with Crippen molar-refractivity contribution in [1.29, 1.82) is 0 Å². The first kappa shape index (κ1) is 18.2. The van der Waals surface area contributed by atoms with Gasteiger partial charge in [0.15, 0.2) is 0 Å². The maximum absolute atomic E-state index is 13.1. The second kappa shape index (κ2) is 7.07. The number of pyridine rings is 2. The second-order valence-corrected chi connectivity index (χ2v) is 7.34. The van der Waals surface area contributed by atoms with Gasteiger partial charge in [-0.05, 0) is 31.9 Å². The van der Waals surface area contributed by atoms with Crippen molar-refractivity contribution in [2.75, 3.05) is 5.73 Å². The average molecular weight is 378 g/mol. The molecule has 0 saturated heterocycles. The summed E-state index contributed by atoms with van der Waals surface area (Å²) >= 11 is 0. The van der Waals surface area contributed by atoms with Crippen molar-refractivity contribution in [3.63, 3.8) is 0 Å². The van der Waals surface area contributed by atoms with Gasteiger partial charge >= 0.3 is 0 Å². The molecular weight excluding hydrogens is 354 g/mol. The van der Waals surface area contributed by atoms with Crippen molar-refractivity contribution in [2.45, 2.75) is 45.2 Å². The average Bonchev–Trinajstić information content (AvgIpc) is 3.18. The predicted octanol–water partition coefficient (Wildman–Crippen LogP) is 1.88. The molecule has 4 rings (SSSR count). The molecule has 1 fully saturated rings. The zero-order valence-electron chi connectivity index (χ0n) is 15.9. The van der Waals surface area contributed by atoms with Crippen LogP contribution in [0.3, 0.4) is 0 Å². The number of carbonyl (C=O) groups is 1. The van der Waals surface area contributed by atoms with Gasteiger partial charge in [0.2, 0.25) is 11.5 Å². The summed E-state index contributed by atoms with van der Waals surface area (Å²) in [6.07, 6.45) is 7.54. The number of aryl methyl sites for hydroxylation is 1. The Balaban J connectivity index is 1.97. The van der Waals surface area contributed by atoms with Gasteiger partial charge in [-0.25, -0.2) is 4.57 Å². The lowest BCUT2D eigenvalue weighted by molar-refractivity contribution is -0.648. The van der Waals surface area contributed by atoms with Crippen molar-refractivity contribution in [2.24, 2.45) is 0 Å². The first-order valence-corrected chi connectivity index (χ1v) is 9.57. The number of nitrogen functional groups attached to an aromatic ring is 1. The number of nitrogens with two attached hydrogens (primary N) is 1. The van der Waals surface area contributed by atoms with E-state index in [9.17, 15) is 9.59 Å². The van der Waals surface area contributed by atoms with Crippen LogP contribution in [-0.2, 0) is 6.54 Å². The number of fused-ring (bicyclic) bond motifs is 2. The van der Waals surface area contributed by atoms with Crippen LogP contribution in [-0.4, -0.2) is 21.3 Å². The van der Waals surface area contributed by atoms with Gasteiger partial charge in [-0.1, -0.05) is 36.5 Å². The summed E-state index contributed by atoms with van der Waals surface area (Å²) in [4.78, 5) is 30.7. The first-order chi connectivity index (χ1) is 13.5. The molecule has 7 heteroatoms. The highest BCUT2D eigenvalue weighted by molar-refractivity contribution is 6.00. The molecule has 0 spiro atoms. The van der Waals surface area contributed by atoms with Gasteiger partial charge in [0.25, 0.3) is 17.1 Å². The zero-order chi connectivity index (χ0) is 19.8. The van der Waals surface area contributed by atoms with E-state index < -0.39 is 0 Å². The third-order valence-electron chi connectivity index (χ3n) is 5.42. The third-order valence-corrected chi connectivity index (χ3v) is 5.42. The van der Waals surface area contributed by atoms with Crippen molar-refractivity contribution in [3.05, 3.63) is 58.5 Å². The molecule has 1 saturated carbocycles. The molecule has 0 atom stereocenters. The Morgan fingerprint density at radius 1 is 1.46 bits per heavy atom. The Bertz CT molecular complexity index is 1160. The standard InChI is InChI=1S/C21H23N5O2/c1-3-10-25-17(22)15(20(27)23-14-8-4-5-9-14)12-16-19(25)24-18-13(2)7-6-11-26(18)21(16)28/h3,6-7,11-12,14,22H,1,4-5,8-10H2,2H3,(H,23,27)/p+1. The van der Waals surface area contributed by atoms with Crippen LogP contribution >= 0.6 is 0 Å². The summed E-state index contributed by atoms with van der Waals surface area (Å²) in [5.41, 5.74) is 8.33. The molecule has 0 bridgehead atoms. The molecule has 144 valence electrons. The van der Waals surface area contributed by atoms with Crippen LogP contribution in [0, 0.1) is 6.92 Å². The minimum atomic E-state index is -0.252. The highest BCUT2D eigenvalue weighted by Gasteiger charge is 2.26. The Morgan fingerprint density at radius 3 is 2.93 bits per heavy atom. The molecule has 0 aliphatic heterocycles. The topological polar surface area (TPSA) is 93.4 Å². The highest BCUT2D eigenvalue weighted by atomic mass is 16.2. The van der Waals surface area contributed by atoms with Crippen LogP contribution in [0.25, 0.3) is 16.7 Å². The van der Waals surface area contributed by atoms with E-state index >= 15 is 0 Å². The number of rotatable bonds is 4. The van der Waals surface area contributed by atoms with Crippen LogP contribution in [0.2, 0.25) is 0 Å². The highest BCUT2D eigenvalue weighted by Crippen LogP contribution is 2.20. The lowest BCUT2D eigenvalue weighted by Crippen LogP contribution is -2.43. The van der Waals surface area contributed by atoms with Crippen molar-refractivity contribution in [1.82, 2.24) is 14.7 Å². The van der Waals surface area contributed by atoms with Gasteiger partial charge in [0.1, 0.15) is 10.9 Å². The molecule has 0 radical (unpaired) electrons. The summed E-state index contributed by atoms with van der Waals surface area (Å²) in [6, 6.07) is 5.44. The number of hydrogen-bond acceptors (Lipinski definition) is 4. The Hall–Kier alpha value is -3.22. The van der Waals surface area contributed by atoms with Crippen LogP contribution in [0.15, 0.2) is 41.8 Å². The number of carbonyl (C=O) groups excluding carboxylic acids is 1. The minimum Gasteiger partial charge on any atom is -0.349 e. The lowest BCUT2D eigenvalue weighted by Gasteiger charge is -2.14. The van der Waals surface area contributed by atoms with Gasteiger partial charge in [-0.3, -0.25) is 14.0 Å². The molecule has 3 aromatic heterocycles. The summed E-state index contributed by atoms with van der Waals surface area (Å²) < 4.78 is 3.19. The zero-order valence-corrected chi connectivity index (χ0v) is 15.9. The maximum Gasteiger partial charge on any atom is 0.278 e. The summed E-state index contributed by atoms with van der Waals surface area (Å²) in [5.74, 6) is 0.0329. The van der Waals surface area contributed by atoms with Crippen molar-refractivity contribution < 1.29 is 9.36 Å². The van der Waals surface area contributed by atoms with Crippen LogP contribution in [0.4, 0.5) is 5.82 Å². The van der Waals surface area contributed by atoms with E-state index in [0.717, 1.165) is 31.2 Å². The number of hydrogen-bond donors (Lipinski definition) is 2.